The van der Waals surface area contributed by atoms with Crippen molar-refractivity contribution < 1.29 is 9.90 Å². The van der Waals surface area contributed by atoms with E-state index >= 15 is 0 Å². The van der Waals surface area contributed by atoms with Crippen molar-refractivity contribution in [3.8, 4) is 0 Å². The number of carbonyl (C=O) groups excluding carboxylic acids is 1. The Morgan fingerprint density at radius 3 is 2.87 bits per heavy atom. The van der Waals surface area contributed by atoms with E-state index in [1.165, 1.54) is 6.42 Å². The first-order valence-electron chi connectivity index (χ1n) is 5.68. The largest absolute Gasteiger partial charge is 0.392 e. The van der Waals surface area contributed by atoms with Crippen LogP contribution in [-0.2, 0) is 0 Å². The van der Waals surface area contributed by atoms with E-state index in [0.717, 1.165) is 19.5 Å². The van der Waals surface area contributed by atoms with E-state index in [0.29, 0.717) is 12.5 Å². The number of likely N-dealkylation sites (tertiary alicyclic amines) is 1. The number of likely N-dealkylation sites (N-methyl/N-ethyl adjacent to an activating group) is 1. The third kappa shape index (κ3) is 3.70. The smallest absolute Gasteiger partial charge is 0.319 e. The second-order valence-electron chi connectivity index (χ2n) is 4.71. The average molecular weight is 214 g/mol. The fraction of sp³-hybridized carbons (Fsp3) is 0.909. The number of piperidine rings is 1. The molecular formula is C11H22N2O2. The zero-order chi connectivity index (χ0) is 11.4. The summed E-state index contributed by atoms with van der Waals surface area (Å²) in [4.78, 5) is 15.4. The predicted molar refractivity (Wildman–Crippen MR) is 59.7 cm³/mol. The first-order valence-corrected chi connectivity index (χ1v) is 5.68. The van der Waals surface area contributed by atoms with Gasteiger partial charge in [0.1, 0.15) is 0 Å². The van der Waals surface area contributed by atoms with Gasteiger partial charge in [-0.15, -0.1) is 0 Å². The van der Waals surface area contributed by atoms with E-state index in [1.54, 1.807) is 18.9 Å². The lowest BCUT2D eigenvalue weighted by molar-refractivity contribution is 0.111. The van der Waals surface area contributed by atoms with Crippen LogP contribution < -0.4 is 0 Å². The summed E-state index contributed by atoms with van der Waals surface area (Å²) in [5.41, 5.74) is 0. The first kappa shape index (κ1) is 12.3. The maximum absolute atomic E-state index is 11.9. The number of amides is 2. The average Bonchev–Trinajstić information content (AvgIpc) is 2.15. The molecule has 88 valence electrons. The molecule has 0 aromatic heterocycles. The number of aliphatic hydroxyl groups excluding tert-OH is 1. The third-order valence-electron chi connectivity index (χ3n) is 2.79. The van der Waals surface area contributed by atoms with Gasteiger partial charge < -0.3 is 14.9 Å². The highest BCUT2D eigenvalue weighted by molar-refractivity contribution is 5.74. The second-order valence-corrected chi connectivity index (χ2v) is 4.71. The Bertz CT molecular complexity index is 219. The molecule has 2 unspecified atom stereocenters. The Morgan fingerprint density at radius 2 is 2.33 bits per heavy atom. The Morgan fingerprint density at radius 1 is 1.67 bits per heavy atom. The molecule has 1 saturated heterocycles. The summed E-state index contributed by atoms with van der Waals surface area (Å²) in [6, 6.07) is 0.0439. The van der Waals surface area contributed by atoms with Crippen LogP contribution in [0.1, 0.15) is 26.7 Å². The molecule has 0 aromatic carbocycles. The van der Waals surface area contributed by atoms with Crippen LogP contribution in [0.5, 0.6) is 0 Å². The zero-order valence-electron chi connectivity index (χ0n) is 9.94. The number of rotatable bonds is 2. The maximum atomic E-state index is 11.9. The number of urea groups is 1. The highest BCUT2D eigenvalue weighted by atomic mass is 16.3. The zero-order valence-corrected chi connectivity index (χ0v) is 9.94. The van der Waals surface area contributed by atoms with Gasteiger partial charge in [0.2, 0.25) is 0 Å². The normalized spacial score (nSPS) is 23.7. The minimum absolute atomic E-state index is 0.0439. The molecule has 1 rings (SSSR count). The van der Waals surface area contributed by atoms with Crippen molar-refractivity contribution in [1.29, 1.82) is 0 Å². The predicted octanol–water partition coefficient (Wildman–Crippen LogP) is 1.15. The third-order valence-corrected chi connectivity index (χ3v) is 2.79. The molecule has 1 N–H and O–H groups in total. The van der Waals surface area contributed by atoms with Gasteiger partial charge in [0.15, 0.2) is 0 Å². The molecule has 1 heterocycles. The van der Waals surface area contributed by atoms with E-state index in [1.807, 2.05) is 4.90 Å². The van der Waals surface area contributed by atoms with Crippen LogP contribution in [-0.4, -0.2) is 53.7 Å². The van der Waals surface area contributed by atoms with Gasteiger partial charge in [0.05, 0.1) is 6.10 Å². The molecule has 4 heteroatoms. The van der Waals surface area contributed by atoms with Crippen molar-refractivity contribution in [2.45, 2.75) is 32.8 Å². The number of carbonyl (C=O) groups is 1. The van der Waals surface area contributed by atoms with Crippen LogP contribution in [0.2, 0.25) is 0 Å². The molecule has 15 heavy (non-hydrogen) atoms. The highest BCUT2D eigenvalue weighted by Crippen LogP contribution is 2.16. The van der Waals surface area contributed by atoms with E-state index in [2.05, 4.69) is 6.92 Å². The van der Waals surface area contributed by atoms with Crippen molar-refractivity contribution in [1.82, 2.24) is 9.80 Å². The molecule has 1 fully saturated rings. The molecule has 1 aliphatic rings. The molecule has 0 bridgehead atoms. The van der Waals surface area contributed by atoms with Crippen LogP contribution >= 0.6 is 0 Å². The maximum Gasteiger partial charge on any atom is 0.319 e. The molecule has 1 aliphatic heterocycles. The van der Waals surface area contributed by atoms with Gasteiger partial charge in [-0.1, -0.05) is 6.92 Å². The van der Waals surface area contributed by atoms with Gasteiger partial charge in [-0.3, -0.25) is 0 Å². The fourth-order valence-electron chi connectivity index (χ4n) is 2.08. The quantitative estimate of drug-likeness (QED) is 0.749. The SMILES string of the molecule is CC(O)CN(C)C(=O)N1CCCC(C)C1. The van der Waals surface area contributed by atoms with Crippen molar-refractivity contribution in [2.24, 2.45) is 5.92 Å². The Labute approximate surface area is 91.9 Å². The van der Waals surface area contributed by atoms with Gasteiger partial charge in [0, 0.05) is 26.7 Å². The molecule has 0 aromatic rings. The van der Waals surface area contributed by atoms with E-state index in [9.17, 15) is 9.90 Å². The molecule has 4 nitrogen and oxygen atoms in total. The summed E-state index contributed by atoms with van der Waals surface area (Å²) in [7, 11) is 1.74. The van der Waals surface area contributed by atoms with Crippen LogP contribution in [0, 0.1) is 5.92 Å². The van der Waals surface area contributed by atoms with Gasteiger partial charge in [0.25, 0.3) is 0 Å². The van der Waals surface area contributed by atoms with Crippen LogP contribution in [0.25, 0.3) is 0 Å². The van der Waals surface area contributed by atoms with Crippen molar-refractivity contribution >= 4 is 6.03 Å². The van der Waals surface area contributed by atoms with Gasteiger partial charge in [-0.25, -0.2) is 4.79 Å². The Balaban J connectivity index is 2.44. The number of nitrogens with zero attached hydrogens (tertiary/aromatic N) is 2. The summed E-state index contributed by atoms with van der Waals surface area (Å²) < 4.78 is 0. The number of hydrogen-bond acceptors (Lipinski definition) is 2. The highest BCUT2D eigenvalue weighted by Gasteiger charge is 2.23. The van der Waals surface area contributed by atoms with Crippen molar-refractivity contribution in [3.63, 3.8) is 0 Å². The molecule has 2 atom stereocenters. The monoisotopic (exact) mass is 214 g/mol. The number of aliphatic hydroxyl groups is 1. The molecule has 0 spiro atoms. The summed E-state index contributed by atoms with van der Waals surface area (Å²) in [5.74, 6) is 0.600. The van der Waals surface area contributed by atoms with E-state index < -0.39 is 6.10 Å². The van der Waals surface area contributed by atoms with Crippen molar-refractivity contribution in [2.75, 3.05) is 26.7 Å². The molecule has 0 aliphatic carbocycles. The van der Waals surface area contributed by atoms with Gasteiger partial charge in [-0.2, -0.15) is 0 Å². The first-order chi connectivity index (χ1) is 7.00. The minimum atomic E-state index is -0.457. The lowest BCUT2D eigenvalue weighted by atomic mass is 10.0. The molecule has 2 amide bonds. The standard InChI is InChI=1S/C11H22N2O2/c1-9-5-4-6-13(7-9)11(15)12(3)8-10(2)14/h9-10,14H,4-8H2,1-3H3. The lowest BCUT2D eigenvalue weighted by Gasteiger charge is -2.34. The molecule has 0 saturated carbocycles. The Kier molecular flexibility index (Phi) is 4.39. The second kappa shape index (κ2) is 5.35. The summed E-state index contributed by atoms with van der Waals surface area (Å²) in [6.07, 6.45) is 1.85. The van der Waals surface area contributed by atoms with E-state index in [4.69, 9.17) is 0 Å². The van der Waals surface area contributed by atoms with Crippen LogP contribution in [0.4, 0.5) is 4.79 Å². The van der Waals surface area contributed by atoms with E-state index in [-0.39, 0.29) is 6.03 Å². The summed E-state index contributed by atoms with van der Waals surface area (Å²) in [6.45, 7) is 5.98. The van der Waals surface area contributed by atoms with Gasteiger partial charge in [-0.05, 0) is 25.7 Å². The fourth-order valence-corrected chi connectivity index (χ4v) is 2.08. The van der Waals surface area contributed by atoms with Crippen molar-refractivity contribution in [3.05, 3.63) is 0 Å². The van der Waals surface area contributed by atoms with Crippen LogP contribution in [0.15, 0.2) is 0 Å². The van der Waals surface area contributed by atoms with Crippen LogP contribution in [0.3, 0.4) is 0 Å². The molecule has 0 radical (unpaired) electrons. The molecular weight excluding hydrogens is 192 g/mol. The summed E-state index contributed by atoms with van der Waals surface area (Å²) >= 11 is 0. The number of hydrogen-bond donors (Lipinski definition) is 1. The van der Waals surface area contributed by atoms with Gasteiger partial charge >= 0.3 is 6.03 Å². The minimum Gasteiger partial charge on any atom is -0.392 e. The topological polar surface area (TPSA) is 43.8 Å². The lowest BCUT2D eigenvalue weighted by Crippen LogP contribution is -2.47. The Hall–Kier alpha value is -0.770. The summed E-state index contributed by atoms with van der Waals surface area (Å²) in [5, 5.41) is 9.21.